The minimum atomic E-state index is -1.11. The Morgan fingerprint density at radius 3 is 2.56 bits per heavy atom. The number of Topliss-reactive ketones (excluding diaryl/α,β-unsaturated/α-hetero) is 1. The van der Waals surface area contributed by atoms with Crippen molar-refractivity contribution in [2.75, 3.05) is 0 Å². The first-order valence-electron chi connectivity index (χ1n) is 10.4. The second-order valence-corrected chi connectivity index (χ2v) is 9.45. The Morgan fingerprint density at radius 1 is 1.16 bits per heavy atom. The van der Waals surface area contributed by atoms with E-state index in [1.807, 2.05) is 6.08 Å². The number of hydrogen-bond acceptors (Lipinski definition) is 5. The van der Waals surface area contributed by atoms with Gasteiger partial charge in [0.1, 0.15) is 5.75 Å². The molecule has 0 saturated heterocycles. The molecule has 1 saturated carbocycles. The standard InChI is InChI=1S/C23H22ClN3O5/c1-11-8-18(29)15-10-17-14(6-7-26-21(31)25(3)22(32)27(17)26)19(23(15,2)20(11)30)13-5-4-12(28)9-16(13)24/h4-6,8-9,15,17,19,28H,7,10H2,1-3H3/t15-,17+,19-,23+/m0/s1. The van der Waals surface area contributed by atoms with Crippen molar-refractivity contribution < 1.29 is 14.7 Å². The Hall–Kier alpha value is -3.13. The van der Waals surface area contributed by atoms with Crippen molar-refractivity contribution >= 4 is 23.2 Å². The maximum absolute atomic E-state index is 13.6. The lowest BCUT2D eigenvalue weighted by molar-refractivity contribution is -0.139. The SMILES string of the molecule is CC1=CC(=O)[C@@H]2C[C@@H]3C(=CCn4c(=O)n(C)c(=O)n43)[C@H](c3ccc(O)cc3Cl)[C@]2(C)C1=O. The number of phenols is 1. The van der Waals surface area contributed by atoms with Crippen LogP contribution in [0.5, 0.6) is 5.75 Å². The molecule has 32 heavy (non-hydrogen) atoms. The number of phenolic OH excluding ortho intramolecular Hbond substituents is 1. The van der Waals surface area contributed by atoms with Gasteiger partial charge in [-0.1, -0.05) is 30.7 Å². The molecule has 1 N–H and O–H groups in total. The monoisotopic (exact) mass is 455 g/mol. The summed E-state index contributed by atoms with van der Waals surface area (Å²) in [6.45, 7) is 3.59. The Morgan fingerprint density at radius 2 is 1.88 bits per heavy atom. The van der Waals surface area contributed by atoms with Crippen molar-refractivity contribution in [3.05, 3.63) is 73.1 Å². The van der Waals surface area contributed by atoms with Gasteiger partial charge in [-0.05, 0) is 48.3 Å². The number of fused-ring (bicyclic) bond motifs is 4. The van der Waals surface area contributed by atoms with E-state index in [1.165, 1.54) is 34.6 Å². The lowest BCUT2D eigenvalue weighted by Crippen LogP contribution is -2.54. The minimum absolute atomic E-state index is 0.0133. The van der Waals surface area contributed by atoms with Crippen LogP contribution in [0.15, 0.2) is 51.1 Å². The quantitative estimate of drug-likeness (QED) is 0.663. The molecule has 1 aromatic heterocycles. The highest BCUT2D eigenvalue weighted by atomic mass is 35.5. The largest absolute Gasteiger partial charge is 0.508 e. The molecule has 166 valence electrons. The van der Waals surface area contributed by atoms with Crippen LogP contribution in [0.2, 0.25) is 5.02 Å². The van der Waals surface area contributed by atoms with Gasteiger partial charge < -0.3 is 5.11 Å². The molecule has 2 heterocycles. The first kappa shape index (κ1) is 20.8. The van der Waals surface area contributed by atoms with E-state index in [-0.39, 0.29) is 35.3 Å². The van der Waals surface area contributed by atoms with E-state index in [9.17, 15) is 24.3 Å². The highest BCUT2D eigenvalue weighted by molar-refractivity contribution is 6.31. The number of hydrogen-bond donors (Lipinski definition) is 1. The smallest absolute Gasteiger partial charge is 0.347 e. The van der Waals surface area contributed by atoms with E-state index in [0.717, 1.165) is 10.1 Å². The number of carbonyl (C=O) groups is 2. The van der Waals surface area contributed by atoms with Gasteiger partial charge in [0.05, 0.1) is 18.0 Å². The third-order valence-electron chi connectivity index (χ3n) is 7.39. The van der Waals surface area contributed by atoms with Gasteiger partial charge in [-0.3, -0.25) is 9.59 Å². The Kier molecular flexibility index (Phi) is 4.33. The van der Waals surface area contributed by atoms with Crippen LogP contribution in [0.3, 0.4) is 0 Å². The number of aromatic hydroxyl groups is 1. The van der Waals surface area contributed by atoms with Crippen LogP contribution in [0.25, 0.3) is 0 Å². The Bertz CT molecular complexity index is 1390. The zero-order chi connectivity index (χ0) is 23.1. The van der Waals surface area contributed by atoms with Crippen LogP contribution in [-0.4, -0.2) is 30.6 Å². The lowest BCUT2D eigenvalue weighted by Gasteiger charge is -2.52. The van der Waals surface area contributed by atoms with E-state index in [4.69, 9.17) is 11.6 Å². The number of halogens is 1. The van der Waals surface area contributed by atoms with Gasteiger partial charge in [0.2, 0.25) is 0 Å². The molecule has 0 radical (unpaired) electrons. The van der Waals surface area contributed by atoms with E-state index in [1.54, 1.807) is 19.9 Å². The van der Waals surface area contributed by atoms with Gasteiger partial charge in [0, 0.05) is 23.9 Å². The number of carbonyl (C=O) groups excluding carboxylic acids is 2. The van der Waals surface area contributed by atoms with Crippen LogP contribution in [-0.2, 0) is 23.2 Å². The topological polar surface area (TPSA) is 103 Å². The van der Waals surface area contributed by atoms with Gasteiger partial charge in [-0.25, -0.2) is 23.5 Å². The van der Waals surface area contributed by atoms with Crippen LogP contribution < -0.4 is 11.4 Å². The number of nitrogens with zero attached hydrogens (tertiary/aromatic N) is 3. The number of rotatable bonds is 1. The fraction of sp³-hybridized carbons (Fsp3) is 0.391. The molecule has 1 fully saturated rings. The van der Waals surface area contributed by atoms with E-state index >= 15 is 0 Å². The Labute approximate surface area is 188 Å². The normalized spacial score (nSPS) is 29.1. The molecule has 0 amide bonds. The molecule has 2 aliphatic carbocycles. The van der Waals surface area contributed by atoms with Crippen molar-refractivity contribution in [2.45, 2.75) is 38.8 Å². The number of benzene rings is 1. The molecule has 0 bridgehead atoms. The highest BCUT2D eigenvalue weighted by Crippen LogP contribution is 2.60. The number of allylic oxidation sites excluding steroid dienone is 4. The Balaban J connectivity index is 1.81. The molecule has 0 spiro atoms. The first-order chi connectivity index (χ1) is 15.1. The zero-order valence-corrected chi connectivity index (χ0v) is 18.6. The highest BCUT2D eigenvalue weighted by Gasteiger charge is 2.59. The molecular weight excluding hydrogens is 434 g/mol. The molecule has 3 aliphatic rings. The number of ketones is 2. The molecule has 2 aromatic rings. The molecule has 4 atom stereocenters. The van der Waals surface area contributed by atoms with Gasteiger partial charge in [0.25, 0.3) is 0 Å². The summed E-state index contributed by atoms with van der Waals surface area (Å²) in [5.74, 6) is -1.62. The molecule has 0 unspecified atom stereocenters. The third-order valence-corrected chi connectivity index (χ3v) is 7.72. The van der Waals surface area contributed by atoms with Gasteiger partial charge in [-0.15, -0.1) is 0 Å². The molecular formula is C23H22ClN3O5. The van der Waals surface area contributed by atoms with Crippen LogP contribution in [0.1, 0.15) is 37.8 Å². The molecule has 1 aliphatic heterocycles. The fourth-order valence-electron chi connectivity index (χ4n) is 5.86. The molecule has 5 rings (SSSR count). The first-order valence-corrected chi connectivity index (χ1v) is 10.8. The van der Waals surface area contributed by atoms with Crippen molar-refractivity contribution in [3.8, 4) is 5.75 Å². The van der Waals surface area contributed by atoms with Gasteiger partial charge in [0.15, 0.2) is 11.6 Å². The zero-order valence-electron chi connectivity index (χ0n) is 17.8. The molecule has 9 heteroatoms. The summed E-state index contributed by atoms with van der Waals surface area (Å²) >= 11 is 6.54. The third kappa shape index (κ3) is 2.50. The van der Waals surface area contributed by atoms with E-state index < -0.39 is 34.7 Å². The maximum atomic E-state index is 13.6. The van der Waals surface area contributed by atoms with Crippen molar-refractivity contribution in [1.82, 2.24) is 13.9 Å². The summed E-state index contributed by atoms with van der Waals surface area (Å²) in [6.07, 6.45) is 3.47. The van der Waals surface area contributed by atoms with Gasteiger partial charge in [-0.2, -0.15) is 0 Å². The van der Waals surface area contributed by atoms with Crippen LogP contribution in [0.4, 0.5) is 0 Å². The lowest BCUT2D eigenvalue weighted by atomic mass is 9.51. The van der Waals surface area contributed by atoms with Crippen LogP contribution in [0, 0.1) is 11.3 Å². The summed E-state index contributed by atoms with van der Waals surface area (Å²) in [7, 11) is 1.42. The summed E-state index contributed by atoms with van der Waals surface area (Å²) in [6, 6.07) is 4.00. The van der Waals surface area contributed by atoms with Crippen LogP contribution >= 0.6 is 11.6 Å². The second kappa shape index (κ2) is 6.68. The maximum Gasteiger partial charge on any atom is 0.347 e. The molecule has 8 nitrogen and oxygen atoms in total. The fourth-order valence-corrected chi connectivity index (χ4v) is 6.14. The van der Waals surface area contributed by atoms with E-state index in [0.29, 0.717) is 11.1 Å². The minimum Gasteiger partial charge on any atom is -0.508 e. The predicted octanol–water partition coefficient (Wildman–Crippen LogP) is 2.10. The van der Waals surface area contributed by atoms with Crippen molar-refractivity contribution in [2.24, 2.45) is 18.4 Å². The average Bonchev–Trinajstić information content (AvgIpc) is 2.96. The molecule has 1 aromatic carbocycles. The van der Waals surface area contributed by atoms with Crippen molar-refractivity contribution in [3.63, 3.8) is 0 Å². The summed E-state index contributed by atoms with van der Waals surface area (Å²) in [4.78, 5) is 52.2. The van der Waals surface area contributed by atoms with Crippen molar-refractivity contribution in [1.29, 1.82) is 0 Å². The average molecular weight is 456 g/mol. The summed E-state index contributed by atoms with van der Waals surface area (Å²) in [5.41, 5.74) is -0.244. The predicted molar refractivity (Wildman–Crippen MR) is 117 cm³/mol. The number of aromatic nitrogens is 3. The van der Waals surface area contributed by atoms with Gasteiger partial charge >= 0.3 is 11.4 Å². The summed E-state index contributed by atoms with van der Waals surface area (Å²) < 4.78 is 3.82. The second-order valence-electron chi connectivity index (χ2n) is 9.04. The van der Waals surface area contributed by atoms with E-state index in [2.05, 4.69) is 0 Å². The summed E-state index contributed by atoms with van der Waals surface area (Å²) in [5, 5.41) is 10.2.